The zero-order chi connectivity index (χ0) is 5.70. The molecule has 1 N–H and O–H groups in total. The number of hydrogen-bond donors (Lipinski definition) is 1. The quantitative estimate of drug-likeness (QED) is 0.481. The second-order valence-corrected chi connectivity index (χ2v) is 1.50. The van der Waals surface area contributed by atoms with Crippen molar-refractivity contribution in [2.24, 2.45) is 0 Å². The zero-order valence-electron chi connectivity index (χ0n) is 6.48. The molecular weight excluding hydrogens is 131 g/mol. The van der Waals surface area contributed by atoms with Gasteiger partial charge in [0, 0.05) is 6.42 Å². The van der Waals surface area contributed by atoms with E-state index in [4.69, 9.17) is 5.11 Å². The molecule has 0 aromatic carbocycles. The predicted molar refractivity (Wildman–Crippen MR) is 28.3 cm³/mol. The van der Waals surface area contributed by atoms with Crippen molar-refractivity contribution in [2.45, 2.75) is 26.2 Å². The maximum absolute atomic E-state index is 9.76. The number of hydrogen-bond acceptors (Lipinski definition) is 1. The average molecular weight is 142 g/mol. The van der Waals surface area contributed by atoms with Crippen molar-refractivity contribution in [1.29, 1.82) is 0 Å². The summed E-state index contributed by atoms with van der Waals surface area (Å²) in [6.07, 6.45) is 2.08. The zero-order valence-corrected chi connectivity index (χ0v) is 8.60. The molecule has 0 aliphatic heterocycles. The van der Waals surface area contributed by atoms with Gasteiger partial charge in [0.05, 0.1) is 0 Å². The molecule has 0 spiro atoms. The van der Waals surface area contributed by atoms with Gasteiger partial charge in [-0.3, -0.25) is 4.79 Å². The van der Waals surface area contributed by atoms with Crippen LogP contribution in [0.2, 0.25) is 0 Å². The first kappa shape index (κ1) is 11.8. The molecule has 2 nitrogen and oxygen atoms in total. The molecular formula is C5H11KO2. The molecule has 0 aliphatic rings. The van der Waals surface area contributed by atoms with Crippen LogP contribution < -0.4 is 51.4 Å². The third kappa shape index (κ3) is 10.2. The summed E-state index contributed by atoms with van der Waals surface area (Å²) in [7, 11) is 0. The molecule has 0 amide bonds. The third-order valence-corrected chi connectivity index (χ3v) is 0.744. The first-order valence-electron chi connectivity index (χ1n) is 2.49. The van der Waals surface area contributed by atoms with E-state index in [1.807, 2.05) is 6.92 Å². The Balaban J connectivity index is -0.000000180. The Labute approximate surface area is 93.6 Å². The van der Waals surface area contributed by atoms with Gasteiger partial charge in [0.1, 0.15) is 0 Å². The Morgan fingerprint density at radius 1 is 1.75 bits per heavy atom. The fourth-order valence-corrected chi connectivity index (χ4v) is 0.328. The van der Waals surface area contributed by atoms with Crippen LogP contribution >= 0.6 is 0 Å². The standard InChI is InChI=1S/C5H10O2.K.H/c1-2-3-4-5(6)7;;/h2-4H2,1H3,(H,6,7);;/q;+1;-1. The smallest absolute Gasteiger partial charge is 1.00 e. The van der Waals surface area contributed by atoms with E-state index in [1.165, 1.54) is 0 Å². The molecule has 0 radical (unpaired) electrons. The number of carboxylic acids is 1. The van der Waals surface area contributed by atoms with Gasteiger partial charge >= 0.3 is 57.4 Å². The van der Waals surface area contributed by atoms with Crippen molar-refractivity contribution in [3.8, 4) is 0 Å². The summed E-state index contributed by atoms with van der Waals surface area (Å²) in [5.41, 5.74) is 0. The molecule has 0 unspecified atom stereocenters. The van der Waals surface area contributed by atoms with Crippen molar-refractivity contribution in [1.82, 2.24) is 0 Å². The van der Waals surface area contributed by atoms with Crippen molar-refractivity contribution in [2.75, 3.05) is 0 Å². The van der Waals surface area contributed by atoms with Gasteiger partial charge in [0.2, 0.25) is 0 Å². The molecule has 8 heavy (non-hydrogen) atoms. The summed E-state index contributed by atoms with van der Waals surface area (Å²) in [6, 6.07) is 0. The van der Waals surface area contributed by atoms with E-state index in [1.54, 1.807) is 0 Å². The van der Waals surface area contributed by atoms with Crippen molar-refractivity contribution >= 4 is 5.97 Å². The summed E-state index contributed by atoms with van der Waals surface area (Å²) in [5, 5.41) is 8.04. The molecule has 3 heteroatoms. The molecule has 0 bridgehead atoms. The van der Waals surface area contributed by atoms with Crippen LogP contribution in [-0.2, 0) is 4.79 Å². The van der Waals surface area contributed by atoms with Crippen LogP contribution in [0.5, 0.6) is 0 Å². The Kier molecular flexibility index (Phi) is 12.0. The van der Waals surface area contributed by atoms with Crippen molar-refractivity contribution in [3.05, 3.63) is 0 Å². The molecule has 0 saturated heterocycles. The topological polar surface area (TPSA) is 37.3 Å². The van der Waals surface area contributed by atoms with Gasteiger partial charge in [-0.1, -0.05) is 13.3 Å². The summed E-state index contributed by atoms with van der Waals surface area (Å²) in [5.74, 6) is -0.693. The monoisotopic (exact) mass is 142 g/mol. The van der Waals surface area contributed by atoms with Crippen molar-refractivity contribution < 1.29 is 62.7 Å². The number of carboxylic acid groups (broad SMARTS) is 1. The molecule has 0 aromatic heterocycles. The van der Waals surface area contributed by atoms with Crippen LogP contribution in [0.1, 0.15) is 27.6 Å². The van der Waals surface area contributed by atoms with E-state index in [0.29, 0.717) is 6.42 Å². The largest absolute Gasteiger partial charge is 1.00 e. The van der Waals surface area contributed by atoms with Crippen LogP contribution in [0.15, 0.2) is 0 Å². The molecule has 0 aromatic rings. The van der Waals surface area contributed by atoms with Gasteiger partial charge in [-0.05, 0) is 6.42 Å². The number of rotatable bonds is 3. The normalized spacial score (nSPS) is 7.62. The number of unbranched alkanes of at least 4 members (excludes halogenated alkanes) is 1. The van der Waals surface area contributed by atoms with E-state index in [9.17, 15) is 4.79 Å². The third-order valence-electron chi connectivity index (χ3n) is 0.744. The first-order valence-corrected chi connectivity index (χ1v) is 2.49. The van der Waals surface area contributed by atoms with E-state index in [-0.39, 0.29) is 52.8 Å². The Hall–Kier alpha value is 1.11. The Bertz CT molecular complexity index is 68.0. The molecule has 44 valence electrons. The second kappa shape index (κ2) is 8.11. The van der Waals surface area contributed by atoms with Gasteiger partial charge in [-0.15, -0.1) is 0 Å². The van der Waals surface area contributed by atoms with E-state index < -0.39 is 5.97 Å². The molecule has 0 atom stereocenters. The van der Waals surface area contributed by atoms with Crippen LogP contribution in [0.4, 0.5) is 0 Å². The van der Waals surface area contributed by atoms with E-state index in [2.05, 4.69) is 0 Å². The first-order chi connectivity index (χ1) is 3.27. The minimum absolute atomic E-state index is 0. The van der Waals surface area contributed by atoms with Crippen molar-refractivity contribution in [3.63, 3.8) is 0 Å². The Morgan fingerprint density at radius 2 is 2.25 bits per heavy atom. The summed E-state index contributed by atoms with van der Waals surface area (Å²) >= 11 is 0. The van der Waals surface area contributed by atoms with E-state index >= 15 is 0 Å². The van der Waals surface area contributed by atoms with Gasteiger partial charge in [0.25, 0.3) is 0 Å². The second-order valence-electron chi connectivity index (χ2n) is 1.50. The summed E-state index contributed by atoms with van der Waals surface area (Å²) in [4.78, 5) is 9.76. The molecule has 0 fully saturated rings. The van der Waals surface area contributed by atoms with Gasteiger partial charge in [-0.2, -0.15) is 0 Å². The van der Waals surface area contributed by atoms with Gasteiger partial charge < -0.3 is 6.53 Å². The minimum atomic E-state index is -0.693. The molecule has 0 heterocycles. The van der Waals surface area contributed by atoms with Gasteiger partial charge in [0.15, 0.2) is 0 Å². The fourth-order valence-electron chi connectivity index (χ4n) is 0.328. The SMILES string of the molecule is CCCCC(=O)O.[H-].[K+]. The summed E-state index contributed by atoms with van der Waals surface area (Å²) < 4.78 is 0. The average Bonchev–Trinajstić information content (AvgIpc) is 1.61. The maximum atomic E-state index is 9.76. The number of carbonyl (C=O) groups is 1. The molecule has 0 rings (SSSR count). The molecule has 0 aliphatic carbocycles. The number of aliphatic carboxylic acids is 1. The fraction of sp³-hybridized carbons (Fsp3) is 0.800. The molecule has 0 saturated carbocycles. The Morgan fingerprint density at radius 3 is 2.38 bits per heavy atom. The van der Waals surface area contributed by atoms with Crippen LogP contribution in [-0.4, -0.2) is 11.1 Å². The maximum Gasteiger partial charge on any atom is 1.00 e. The van der Waals surface area contributed by atoms with Crippen LogP contribution in [0.3, 0.4) is 0 Å². The van der Waals surface area contributed by atoms with Crippen LogP contribution in [0.25, 0.3) is 0 Å². The van der Waals surface area contributed by atoms with Gasteiger partial charge in [-0.25, -0.2) is 0 Å². The van der Waals surface area contributed by atoms with E-state index in [0.717, 1.165) is 12.8 Å². The van der Waals surface area contributed by atoms with Crippen LogP contribution in [0, 0.1) is 0 Å². The summed E-state index contributed by atoms with van der Waals surface area (Å²) in [6.45, 7) is 1.98. The predicted octanol–water partition coefficient (Wildman–Crippen LogP) is -1.62. The minimum Gasteiger partial charge on any atom is -1.00 e.